The van der Waals surface area contributed by atoms with Gasteiger partial charge in [-0.25, -0.2) is 9.37 Å². The third kappa shape index (κ3) is 3.81. The number of hydrogen-bond donors (Lipinski definition) is 1. The fourth-order valence-electron chi connectivity index (χ4n) is 1.84. The van der Waals surface area contributed by atoms with E-state index in [9.17, 15) is 9.18 Å². The number of aryl methyl sites for hydroxylation is 1. The second kappa shape index (κ2) is 7.05. The summed E-state index contributed by atoms with van der Waals surface area (Å²) in [6, 6.07) is 4.19. The van der Waals surface area contributed by atoms with Crippen LogP contribution in [0.5, 0.6) is 0 Å². The van der Waals surface area contributed by atoms with Crippen LogP contribution in [0.25, 0.3) is 0 Å². The molecule has 1 aromatic carbocycles. The van der Waals surface area contributed by atoms with Crippen molar-refractivity contribution in [3.8, 4) is 0 Å². The lowest BCUT2D eigenvalue weighted by Crippen LogP contribution is -2.25. The molecule has 1 amide bonds. The number of amides is 1. The molecule has 0 saturated heterocycles. The monoisotopic (exact) mass is 295 g/mol. The Hall–Kier alpha value is -1.88. The second-order valence-electron chi connectivity index (χ2n) is 4.36. The molecule has 0 aliphatic rings. The molecule has 2 aromatic rings. The molecule has 0 aliphatic heterocycles. The number of imidazole rings is 1. The van der Waals surface area contributed by atoms with Crippen molar-refractivity contribution in [1.29, 1.82) is 0 Å². The van der Waals surface area contributed by atoms with Crippen LogP contribution >= 0.6 is 11.6 Å². The van der Waals surface area contributed by atoms with Gasteiger partial charge in [0, 0.05) is 25.5 Å². The number of nitrogens with one attached hydrogen (secondary N) is 1. The van der Waals surface area contributed by atoms with E-state index in [1.165, 1.54) is 18.2 Å². The first-order valence-electron chi connectivity index (χ1n) is 6.36. The molecule has 0 bridgehead atoms. The van der Waals surface area contributed by atoms with Crippen molar-refractivity contribution in [3.63, 3.8) is 0 Å². The van der Waals surface area contributed by atoms with Crippen LogP contribution in [0.1, 0.15) is 23.2 Å². The smallest absolute Gasteiger partial charge is 0.255 e. The summed E-state index contributed by atoms with van der Waals surface area (Å²) in [6.07, 6.45) is 7.06. The topological polar surface area (TPSA) is 46.9 Å². The summed E-state index contributed by atoms with van der Waals surface area (Å²) < 4.78 is 15.5. The molecular weight excluding hydrogens is 281 g/mol. The molecular formula is C14H15ClFN3O. The number of benzene rings is 1. The van der Waals surface area contributed by atoms with E-state index in [1.54, 1.807) is 12.5 Å². The Morgan fingerprint density at radius 1 is 1.40 bits per heavy atom. The fraction of sp³-hybridized carbons (Fsp3) is 0.286. The quantitative estimate of drug-likeness (QED) is 0.833. The highest BCUT2D eigenvalue weighted by Gasteiger charge is 2.14. The number of halogens is 2. The molecule has 0 aliphatic carbocycles. The van der Waals surface area contributed by atoms with Crippen LogP contribution < -0.4 is 5.32 Å². The lowest BCUT2D eigenvalue weighted by molar-refractivity contribution is 0.0949. The summed E-state index contributed by atoms with van der Waals surface area (Å²) in [4.78, 5) is 15.8. The Bertz CT molecular complexity index is 552. The van der Waals surface area contributed by atoms with Gasteiger partial charge in [0.2, 0.25) is 0 Å². The summed E-state index contributed by atoms with van der Waals surface area (Å²) in [5, 5.41) is 2.80. The number of aromatic nitrogens is 2. The first-order chi connectivity index (χ1) is 9.68. The van der Waals surface area contributed by atoms with Gasteiger partial charge in [-0.05, 0) is 25.0 Å². The van der Waals surface area contributed by atoms with Crippen LogP contribution in [0.2, 0.25) is 5.02 Å². The van der Waals surface area contributed by atoms with Gasteiger partial charge in [-0.3, -0.25) is 4.79 Å². The molecule has 0 unspecified atom stereocenters. The van der Waals surface area contributed by atoms with E-state index in [2.05, 4.69) is 10.3 Å². The molecule has 1 heterocycles. The Balaban J connectivity index is 1.75. The average molecular weight is 296 g/mol. The van der Waals surface area contributed by atoms with Gasteiger partial charge in [-0.2, -0.15) is 0 Å². The molecule has 20 heavy (non-hydrogen) atoms. The fourth-order valence-corrected chi connectivity index (χ4v) is 2.09. The van der Waals surface area contributed by atoms with Gasteiger partial charge in [0.1, 0.15) is 5.82 Å². The lowest BCUT2D eigenvalue weighted by atomic mass is 10.2. The molecule has 6 heteroatoms. The number of unbranched alkanes of at least 4 members (excludes halogenated alkanes) is 1. The Morgan fingerprint density at radius 2 is 2.25 bits per heavy atom. The van der Waals surface area contributed by atoms with Crippen LogP contribution in [0.15, 0.2) is 36.9 Å². The predicted octanol–water partition coefficient (Wildman–Crippen LogP) is 2.89. The van der Waals surface area contributed by atoms with Crippen molar-refractivity contribution in [3.05, 3.63) is 53.3 Å². The molecule has 1 aromatic heterocycles. The van der Waals surface area contributed by atoms with Crippen LogP contribution in [0.4, 0.5) is 4.39 Å². The number of hydrogen-bond acceptors (Lipinski definition) is 2. The van der Waals surface area contributed by atoms with Gasteiger partial charge in [0.05, 0.1) is 16.9 Å². The van der Waals surface area contributed by atoms with Gasteiger partial charge in [0.15, 0.2) is 0 Å². The second-order valence-corrected chi connectivity index (χ2v) is 4.77. The van der Waals surface area contributed by atoms with Crippen molar-refractivity contribution >= 4 is 17.5 Å². The zero-order chi connectivity index (χ0) is 14.4. The zero-order valence-corrected chi connectivity index (χ0v) is 11.6. The highest BCUT2D eigenvalue weighted by molar-refractivity contribution is 6.33. The highest BCUT2D eigenvalue weighted by atomic mass is 35.5. The van der Waals surface area contributed by atoms with Crippen LogP contribution in [-0.2, 0) is 6.54 Å². The van der Waals surface area contributed by atoms with Crippen molar-refractivity contribution in [2.24, 2.45) is 0 Å². The maximum Gasteiger partial charge on any atom is 0.255 e. The largest absolute Gasteiger partial charge is 0.352 e. The lowest BCUT2D eigenvalue weighted by Gasteiger charge is -2.07. The van der Waals surface area contributed by atoms with E-state index in [4.69, 9.17) is 11.6 Å². The summed E-state index contributed by atoms with van der Waals surface area (Å²) >= 11 is 5.82. The first kappa shape index (κ1) is 14.5. The molecule has 106 valence electrons. The highest BCUT2D eigenvalue weighted by Crippen LogP contribution is 2.18. The Labute approximate surface area is 121 Å². The molecule has 1 N–H and O–H groups in total. The maximum absolute atomic E-state index is 13.5. The summed E-state index contributed by atoms with van der Waals surface area (Å²) in [5.41, 5.74) is -0.0937. The van der Waals surface area contributed by atoms with E-state index >= 15 is 0 Å². The van der Waals surface area contributed by atoms with E-state index in [1.807, 2.05) is 10.8 Å². The van der Waals surface area contributed by atoms with Crippen molar-refractivity contribution in [2.75, 3.05) is 6.54 Å². The summed E-state index contributed by atoms with van der Waals surface area (Å²) in [6.45, 7) is 1.33. The van der Waals surface area contributed by atoms with E-state index in [0.717, 1.165) is 19.4 Å². The van der Waals surface area contributed by atoms with Crippen molar-refractivity contribution < 1.29 is 9.18 Å². The maximum atomic E-state index is 13.5. The van der Waals surface area contributed by atoms with Gasteiger partial charge in [-0.15, -0.1) is 0 Å². The molecule has 0 fully saturated rings. The number of carbonyl (C=O) groups is 1. The number of carbonyl (C=O) groups excluding carboxylic acids is 1. The van der Waals surface area contributed by atoms with Gasteiger partial charge in [-0.1, -0.05) is 17.7 Å². The zero-order valence-electron chi connectivity index (χ0n) is 10.9. The number of nitrogens with zero attached hydrogens (tertiary/aromatic N) is 2. The molecule has 2 rings (SSSR count). The van der Waals surface area contributed by atoms with Crippen molar-refractivity contribution in [1.82, 2.24) is 14.9 Å². The van der Waals surface area contributed by atoms with Gasteiger partial charge >= 0.3 is 0 Å². The van der Waals surface area contributed by atoms with E-state index < -0.39 is 11.7 Å². The van der Waals surface area contributed by atoms with Gasteiger partial charge in [0.25, 0.3) is 5.91 Å². The minimum Gasteiger partial charge on any atom is -0.352 e. The van der Waals surface area contributed by atoms with Crippen LogP contribution in [-0.4, -0.2) is 22.0 Å². The minimum absolute atomic E-state index is 0.0937. The van der Waals surface area contributed by atoms with Crippen LogP contribution in [0.3, 0.4) is 0 Å². The normalized spacial score (nSPS) is 10.5. The average Bonchev–Trinajstić information content (AvgIpc) is 2.91. The van der Waals surface area contributed by atoms with Crippen molar-refractivity contribution in [2.45, 2.75) is 19.4 Å². The predicted molar refractivity (Wildman–Crippen MR) is 75.2 cm³/mol. The van der Waals surface area contributed by atoms with E-state index in [0.29, 0.717) is 6.54 Å². The Kier molecular flexibility index (Phi) is 5.12. The summed E-state index contributed by atoms with van der Waals surface area (Å²) in [7, 11) is 0. The third-order valence-corrected chi connectivity index (χ3v) is 3.19. The minimum atomic E-state index is -0.603. The van der Waals surface area contributed by atoms with E-state index in [-0.39, 0.29) is 10.6 Å². The first-order valence-corrected chi connectivity index (χ1v) is 6.74. The standard InChI is InChI=1S/C14H15ClFN3O/c15-11-4-3-5-12(16)13(11)14(20)18-6-1-2-8-19-9-7-17-10-19/h3-5,7,9-10H,1-2,6,8H2,(H,18,20). The molecule has 0 atom stereocenters. The Morgan fingerprint density at radius 3 is 2.95 bits per heavy atom. The summed E-state index contributed by atoms with van der Waals surface area (Å²) in [5.74, 6) is -1.08. The molecule has 0 saturated carbocycles. The third-order valence-electron chi connectivity index (χ3n) is 2.88. The molecule has 0 radical (unpaired) electrons. The van der Waals surface area contributed by atoms with Crippen LogP contribution in [0, 0.1) is 5.82 Å². The van der Waals surface area contributed by atoms with Gasteiger partial charge < -0.3 is 9.88 Å². The SMILES string of the molecule is O=C(NCCCCn1ccnc1)c1c(F)cccc1Cl. The molecule has 4 nitrogen and oxygen atoms in total. The molecule has 0 spiro atoms. The number of rotatable bonds is 6.